The summed E-state index contributed by atoms with van der Waals surface area (Å²) in [5.41, 5.74) is 1.25. The lowest BCUT2D eigenvalue weighted by Crippen LogP contribution is -2.28. The molecular weight excluding hydrogens is 374 g/mol. The van der Waals surface area contributed by atoms with Gasteiger partial charge in [-0.3, -0.25) is 4.79 Å². The zero-order valence-corrected chi connectivity index (χ0v) is 16.4. The summed E-state index contributed by atoms with van der Waals surface area (Å²) in [7, 11) is 1.58. The first-order valence-corrected chi connectivity index (χ1v) is 9.55. The van der Waals surface area contributed by atoms with Gasteiger partial charge in [0.25, 0.3) is 5.91 Å². The maximum Gasteiger partial charge on any atom is 0.338 e. The van der Waals surface area contributed by atoms with E-state index in [1.54, 1.807) is 31.4 Å². The number of amides is 1. The topological polar surface area (TPSA) is 83.1 Å². The molecule has 1 atom stereocenters. The molecule has 7 nitrogen and oxygen atoms in total. The summed E-state index contributed by atoms with van der Waals surface area (Å²) in [6.45, 7) is 1.26. The van der Waals surface area contributed by atoms with Gasteiger partial charge >= 0.3 is 5.97 Å². The second kappa shape index (κ2) is 10.5. The fraction of sp³-hybridized carbons (Fsp3) is 0.364. The van der Waals surface area contributed by atoms with Crippen molar-refractivity contribution in [1.82, 2.24) is 5.32 Å². The second-order valence-corrected chi connectivity index (χ2v) is 6.67. The van der Waals surface area contributed by atoms with Crippen LogP contribution in [0.5, 0.6) is 11.5 Å². The molecule has 1 heterocycles. The van der Waals surface area contributed by atoms with Crippen LogP contribution in [0.25, 0.3) is 0 Å². The number of ether oxygens (including phenoxy) is 4. The highest BCUT2D eigenvalue weighted by Crippen LogP contribution is 2.17. The van der Waals surface area contributed by atoms with E-state index in [1.165, 1.54) is 0 Å². The largest absolute Gasteiger partial charge is 0.497 e. The average molecular weight is 399 g/mol. The van der Waals surface area contributed by atoms with E-state index >= 15 is 0 Å². The van der Waals surface area contributed by atoms with Gasteiger partial charge in [0.2, 0.25) is 0 Å². The predicted molar refractivity (Wildman–Crippen MR) is 106 cm³/mol. The molecule has 29 heavy (non-hydrogen) atoms. The van der Waals surface area contributed by atoms with Crippen molar-refractivity contribution in [3.8, 4) is 11.5 Å². The van der Waals surface area contributed by atoms with E-state index in [1.807, 2.05) is 24.3 Å². The van der Waals surface area contributed by atoms with Gasteiger partial charge in [-0.25, -0.2) is 4.79 Å². The van der Waals surface area contributed by atoms with Crippen LogP contribution >= 0.6 is 0 Å². The smallest absolute Gasteiger partial charge is 0.338 e. The van der Waals surface area contributed by atoms with Gasteiger partial charge in [-0.2, -0.15) is 0 Å². The standard InChI is InChI=1S/C22H25NO6/c1-26-19-5-2-4-16(12-19)13-23-21(24)15-29-22(25)17-7-9-18(10-8-17)28-14-20-6-3-11-27-20/h2,4-5,7-10,12,20H,3,6,11,13-15H2,1H3,(H,23,24). The van der Waals surface area contributed by atoms with E-state index < -0.39 is 5.97 Å². The summed E-state index contributed by atoms with van der Waals surface area (Å²) in [5, 5.41) is 2.71. The maximum atomic E-state index is 12.1. The molecular formula is C22H25NO6. The Bertz CT molecular complexity index is 814. The number of hydrogen-bond acceptors (Lipinski definition) is 6. The molecule has 0 aromatic heterocycles. The predicted octanol–water partition coefficient (Wildman–Crippen LogP) is 2.73. The minimum atomic E-state index is -0.563. The summed E-state index contributed by atoms with van der Waals surface area (Å²) in [5.74, 6) is 0.435. The first kappa shape index (κ1) is 20.7. The molecule has 0 saturated carbocycles. The molecule has 154 valence electrons. The summed E-state index contributed by atoms with van der Waals surface area (Å²) >= 11 is 0. The van der Waals surface area contributed by atoms with Crippen LogP contribution in [0.3, 0.4) is 0 Å². The Labute approximate surface area is 169 Å². The zero-order chi connectivity index (χ0) is 20.5. The summed E-state index contributed by atoms with van der Waals surface area (Å²) in [6.07, 6.45) is 2.20. The van der Waals surface area contributed by atoms with Gasteiger partial charge in [-0.15, -0.1) is 0 Å². The number of hydrogen-bond donors (Lipinski definition) is 1. The lowest BCUT2D eigenvalue weighted by atomic mass is 10.2. The molecule has 0 bridgehead atoms. The Hall–Kier alpha value is -3.06. The molecule has 1 amide bonds. The van der Waals surface area contributed by atoms with Crippen molar-refractivity contribution in [3.63, 3.8) is 0 Å². The van der Waals surface area contributed by atoms with E-state index in [-0.39, 0.29) is 18.6 Å². The molecule has 0 aliphatic carbocycles. The molecule has 0 radical (unpaired) electrons. The summed E-state index contributed by atoms with van der Waals surface area (Å²) in [4.78, 5) is 24.0. The Balaban J connectivity index is 1.39. The lowest BCUT2D eigenvalue weighted by Gasteiger charge is -2.11. The third-order valence-electron chi connectivity index (χ3n) is 4.51. The highest BCUT2D eigenvalue weighted by Gasteiger charge is 2.16. The van der Waals surface area contributed by atoms with Crippen molar-refractivity contribution in [3.05, 3.63) is 59.7 Å². The fourth-order valence-corrected chi connectivity index (χ4v) is 2.90. The molecule has 0 spiro atoms. The number of methoxy groups -OCH3 is 1. The van der Waals surface area contributed by atoms with Gasteiger partial charge in [-0.1, -0.05) is 12.1 Å². The average Bonchev–Trinajstić information content (AvgIpc) is 3.29. The van der Waals surface area contributed by atoms with Gasteiger partial charge in [0, 0.05) is 13.2 Å². The number of carbonyl (C=O) groups is 2. The summed E-state index contributed by atoms with van der Waals surface area (Å²) in [6, 6.07) is 14.0. The molecule has 7 heteroatoms. The Morgan fingerprint density at radius 3 is 2.69 bits per heavy atom. The van der Waals surface area contributed by atoms with E-state index in [0.717, 1.165) is 25.0 Å². The van der Waals surface area contributed by atoms with Crippen LogP contribution in [-0.2, 0) is 20.8 Å². The minimum Gasteiger partial charge on any atom is -0.497 e. The van der Waals surface area contributed by atoms with Gasteiger partial charge in [-0.05, 0) is 54.8 Å². The number of esters is 1. The van der Waals surface area contributed by atoms with Crippen molar-refractivity contribution < 1.29 is 28.5 Å². The van der Waals surface area contributed by atoms with Gasteiger partial charge in [0.05, 0.1) is 18.8 Å². The Morgan fingerprint density at radius 1 is 1.14 bits per heavy atom. The Kier molecular flexibility index (Phi) is 7.47. The van der Waals surface area contributed by atoms with Crippen LogP contribution in [0.1, 0.15) is 28.8 Å². The minimum absolute atomic E-state index is 0.134. The number of benzene rings is 2. The molecule has 1 unspecified atom stereocenters. The van der Waals surface area contributed by atoms with Crippen LogP contribution in [0.2, 0.25) is 0 Å². The van der Waals surface area contributed by atoms with Crippen LogP contribution < -0.4 is 14.8 Å². The molecule has 1 saturated heterocycles. The number of carbonyl (C=O) groups excluding carboxylic acids is 2. The highest BCUT2D eigenvalue weighted by atomic mass is 16.5. The third kappa shape index (κ3) is 6.50. The van der Waals surface area contributed by atoms with E-state index in [2.05, 4.69) is 5.32 Å². The van der Waals surface area contributed by atoms with Crippen molar-refractivity contribution in [1.29, 1.82) is 0 Å². The van der Waals surface area contributed by atoms with Crippen LogP contribution in [0, 0.1) is 0 Å². The quantitative estimate of drug-likeness (QED) is 0.653. The molecule has 1 aliphatic rings. The fourth-order valence-electron chi connectivity index (χ4n) is 2.90. The number of rotatable bonds is 9. The van der Waals surface area contributed by atoms with Crippen molar-refractivity contribution >= 4 is 11.9 Å². The van der Waals surface area contributed by atoms with Crippen LogP contribution in [0.15, 0.2) is 48.5 Å². The van der Waals surface area contributed by atoms with Gasteiger partial charge in [0.15, 0.2) is 6.61 Å². The summed E-state index contributed by atoms with van der Waals surface area (Å²) < 4.78 is 21.4. The highest BCUT2D eigenvalue weighted by molar-refractivity contribution is 5.91. The normalized spacial score (nSPS) is 15.6. The van der Waals surface area contributed by atoms with Gasteiger partial charge in [0.1, 0.15) is 18.1 Å². The Morgan fingerprint density at radius 2 is 1.97 bits per heavy atom. The molecule has 2 aromatic carbocycles. The second-order valence-electron chi connectivity index (χ2n) is 6.67. The van der Waals surface area contributed by atoms with E-state index in [4.69, 9.17) is 18.9 Å². The zero-order valence-electron chi connectivity index (χ0n) is 16.4. The molecule has 2 aromatic rings. The molecule has 1 N–H and O–H groups in total. The monoisotopic (exact) mass is 399 g/mol. The van der Waals surface area contributed by atoms with Crippen LogP contribution in [-0.4, -0.2) is 44.9 Å². The van der Waals surface area contributed by atoms with Crippen LogP contribution in [0.4, 0.5) is 0 Å². The SMILES string of the molecule is COc1cccc(CNC(=O)COC(=O)c2ccc(OCC3CCCO3)cc2)c1. The van der Waals surface area contributed by atoms with E-state index in [9.17, 15) is 9.59 Å². The van der Waals surface area contributed by atoms with Crippen molar-refractivity contribution in [2.45, 2.75) is 25.5 Å². The maximum absolute atomic E-state index is 12.1. The van der Waals surface area contributed by atoms with E-state index in [0.29, 0.717) is 30.2 Å². The van der Waals surface area contributed by atoms with Gasteiger partial charge < -0.3 is 24.3 Å². The third-order valence-corrected chi connectivity index (χ3v) is 4.51. The molecule has 1 aliphatic heterocycles. The first-order valence-electron chi connectivity index (χ1n) is 9.55. The molecule has 1 fully saturated rings. The molecule has 3 rings (SSSR count). The van der Waals surface area contributed by atoms with Crippen molar-refractivity contribution in [2.75, 3.05) is 26.9 Å². The first-order chi connectivity index (χ1) is 14.1. The lowest BCUT2D eigenvalue weighted by molar-refractivity contribution is -0.124. The van der Waals surface area contributed by atoms with Crippen molar-refractivity contribution in [2.24, 2.45) is 0 Å². The number of nitrogens with one attached hydrogen (secondary N) is 1.